The Kier molecular flexibility index (Phi) is 5.05. The van der Waals surface area contributed by atoms with E-state index in [2.05, 4.69) is 6.58 Å². The molecule has 7 heteroatoms. The summed E-state index contributed by atoms with van der Waals surface area (Å²) in [5, 5.41) is 0. The number of hydrogen-bond acceptors (Lipinski definition) is 4. The van der Waals surface area contributed by atoms with Gasteiger partial charge in [0.15, 0.2) is 0 Å². The molecule has 1 aromatic rings. The first kappa shape index (κ1) is 15.2. The average molecular weight is 287 g/mol. The zero-order chi connectivity index (χ0) is 14.5. The van der Waals surface area contributed by atoms with E-state index in [9.17, 15) is 17.6 Å². The minimum absolute atomic E-state index is 0.0899. The number of hydrogen-bond donors (Lipinski definition) is 1. The zero-order valence-corrected chi connectivity index (χ0v) is 11.2. The molecule has 0 aliphatic carbocycles. The molecule has 1 aromatic carbocycles. The quantitative estimate of drug-likeness (QED) is 0.793. The maximum atomic E-state index is 13.6. The highest BCUT2D eigenvalue weighted by molar-refractivity contribution is 7.90. The van der Waals surface area contributed by atoms with Crippen LogP contribution in [0.1, 0.15) is 5.56 Å². The summed E-state index contributed by atoms with van der Waals surface area (Å²) < 4.78 is 42.8. The van der Waals surface area contributed by atoms with E-state index in [4.69, 9.17) is 4.74 Å². The second-order valence-corrected chi connectivity index (χ2v) is 5.50. The summed E-state index contributed by atoms with van der Waals surface area (Å²) in [4.78, 5) is 11.5. The van der Waals surface area contributed by atoms with E-state index in [0.717, 1.165) is 12.1 Å². The van der Waals surface area contributed by atoms with Crippen LogP contribution in [0.25, 0.3) is 0 Å². The highest BCUT2D eigenvalue weighted by atomic mass is 32.2. The molecule has 0 saturated heterocycles. The van der Waals surface area contributed by atoms with Gasteiger partial charge in [-0.3, -0.25) is 9.52 Å². The number of methoxy groups -OCH3 is 1. The molecule has 0 unspecified atom stereocenters. The molecule has 1 rings (SSSR count). The SMILES string of the molecule is C=CCS(=O)(=O)NC(=O)Cc1ccc(OC)cc1F. The number of rotatable bonds is 6. The minimum Gasteiger partial charge on any atom is -0.497 e. The number of carbonyl (C=O) groups excluding carboxylic acids is 1. The van der Waals surface area contributed by atoms with E-state index in [1.54, 1.807) is 0 Å². The van der Waals surface area contributed by atoms with Crippen molar-refractivity contribution in [3.63, 3.8) is 0 Å². The number of carbonyl (C=O) groups is 1. The predicted octanol–water partition coefficient (Wildman–Crippen LogP) is 1.01. The van der Waals surface area contributed by atoms with Crippen LogP contribution >= 0.6 is 0 Å². The molecule has 0 atom stereocenters. The Balaban J connectivity index is 2.75. The van der Waals surface area contributed by atoms with Gasteiger partial charge in [-0.2, -0.15) is 0 Å². The largest absolute Gasteiger partial charge is 0.497 e. The third-order valence-corrected chi connectivity index (χ3v) is 3.43. The van der Waals surface area contributed by atoms with Gasteiger partial charge in [0.05, 0.1) is 19.3 Å². The van der Waals surface area contributed by atoms with Crippen LogP contribution in [0.15, 0.2) is 30.9 Å². The fourth-order valence-corrected chi connectivity index (χ4v) is 2.19. The molecule has 1 amide bonds. The van der Waals surface area contributed by atoms with Crippen LogP contribution in [0.3, 0.4) is 0 Å². The molecule has 5 nitrogen and oxygen atoms in total. The van der Waals surface area contributed by atoms with Crippen LogP contribution < -0.4 is 9.46 Å². The fourth-order valence-electron chi connectivity index (χ4n) is 1.38. The zero-order valence-electron chi connectivity index (χ0n) is 10.3. The van der Waals surface area contributed by atoms with Crippen molar-refractivity contribution in [3.8, 4) is 5.75 Å². The minimum atomic E-state index is -3.74. The van der Waals surface area contributed by atoms with Crippen molar-refractivity contribution >= 4 is 15.9 Å². The number of benzene rings is 1. The van der Waals surface area contributed by atoms with E-state index in [1.165, 1.54) is 19.2 Å². The van der Waals surface area contributed by atoms with Gasteiger partial charge in [0.25, 0.3) is 0 Å². The molecule has 19 heavy (non-hydrogen) atoms. The summed E-state index contributed by atoms with van der Waals surface area (Å²) in [6.07, 6.45) is 0.787. The molecule has 0 saturated carbocycles. The van der Waals surface area contributed by atoms with Crippen LogP contribution in [0.2, 0.25) is 0 Å². The van der Waals surface area contributed by atoms with Crippen molar-refractivity contribution in [2.24, 2.45) is 0 Å². The molecule has 0 aliphatic rings. The van der Waals surface area contributed by atoms with Crippen molar-refractivity contribution in [2.75, 3.05) is 12.9 Å². The van der Waals surface area contributed by atoms with Crippen molar-refractivity contribution < 1.29 is 22.3 Å². The third-order valence-electron chi connectivity index (χ3n) is 2.22. The second-order valence-electron chi connectivity index (χ2n) is 3.73. The van der Waals surface area contributed by atoms with Gasteiger partial charge in [-0.1, -0.05) is 12.1 Å². The molecule has 104 valence electrons. The van der Waals surface area contributed by atoms with E-state index < -0.39 is 21.7 Å². The Morgan fingerprint density at radius 3 is 2.74 bits per heavy atom. The lowest BCUT2D eigenvalue weighted by Crippen LogP contribution is -2.33. The van der Waals surface area contributed by atoms with Crippen molar-refractivity contribution in [1.29, 1.82) is 0 Å². The van der Waals surface area contributed by atoms with Gasteiger partial charge < -0.3 is 4.74 Å². The maximum absolute atomic E-state index is 13.6. The molecule has 0 fully saturated rings. The highest BCUT2D eigenvalue weighted by Crippen LogP contribution is 2.16. The third kappa shape index (κ3) is 4.70. The maximum Gasteiger partial charge on any atom is 0.238 e. The molecule has 0 spiro atoms. The van der Waals surface area contributed by atoms with Gasteiger partial charge in [-0.25, -0.2) is 12.8 Å². The summed E-state index contributed by atoms with van der Waals surface area (Å²) in [6.45, 7) is 3.27. The lowest BCUT2D eigenvalue weighted by molar-refractivity contribution is -0.118. The monoisotopic (exact) mass is 287 g/mol. The topological polar surface area (TPSA) is 72.5 Å². The van der Waals surface area contributed by atoms with Gasteiger partial charge in [0.1, 0.15) is 11.6 Å². The lowest BCUT2D eigenvalue weighted by Gasteiger charge is -2.07. The van der Waals surface area contributed by atoms with E-state index in [1.807, 2.05) is 4.72 Å². The van der Waals surface area contributed by atoms with Crippen LogP contribution in [0.4, 0.5) is 4.39 Å². The average Bonchev–Trinajstić information content (AvgIpc) is 2.30. The number of amides is 1. The molecular weight excluding hydrogens is 273 g/mol. The summed E-state index contributed by atoms with van der Waals surface area (Å²) in [7, 11) is -2.35. The first-order chi connectivity index (χ1) is 8.88. The summed E-state index contributed by atoms with van der Waals surface area (Å²) in [5.74, 6) is -1.48. The van der Waals surface area contributed by atoms with Crippen molar-refractivity contribution in [3.05, 3.63) is 42.2 Å². The Morgan fingerprint density at radius 2 is 2.21 bits per heavy atom. The summed E-state index contributed by atoms with van der Waals surface area (Å²) in [6, 6.07) is 3.98. The van der Waals surface area contributed by atoms with Crippen LogP contribution in [-0.2, 0) is 21.2 Å². The van der Waals surface area contributed by atoms with E-state index >= 15 is 0 Å². The number of nitrogens with one attached hydrogen (secondary N) is 1. The number of halogens is 1. The summed E-state index contributed by atoms with van der Waals surface area (Å²) in [5.41, 5.74) is 0.0899. The van der Waals surface area contributed by atoms with Crippen molar-refractivity contribution in [2.45, 2.75) is 6.42 Å². The number of ether oxygens (including phenoxy) is 1. The highest BCUT2D eigenvalue weighted by Gasteiger charge is 2.15. The number of sulfonamides is 1. The first-order valence-electron chi connectivity index (χ1n) is 5.34. The Hall–Kier alpha value is -1.89. The Labute approximate surface area is 111 Å². The molecular formula is C12H14FNO4S. The summed E-state index contributed by atoms with van der Waals surface area (Å²) >= 11 is 0. The Bertz CT molecular complexity index is 583. The smallest absolute Gasteiger partial charge is 0.238 e. The van der Waals surface area contributed by atoms with Crippen LogP contribution in [0.5, 0.6) is 5.75 Å². The Morgan fingerprint density at radius 1 is 1.53 bits per heavy atom. The van der Waals surface area contributed by atoms with Crippen molar-refractivity contribution in [1.82, 2.24) is 4.72 Å². The van der Waals surface area contributed by atoms with Gasteiger partial charge >= 0.3 is 0 Å². The lowest BCUT2D eigenvalue weighted by atomic mass is 10.1. The molecule has 0 aliphatic heterocycles. The molecule has 1 N–H and O–H groups in total. The molecule has 0 aromatic heterocycles. The molecule has 0 bridgehead atoms. The first-order valence-corrected chi connectivity index (χ1v) is 7.00. The van der Waals surface area contributed by atoms with E-state index in [-0.39, 0.29) is 17.7 Å². The standard InChI is InChI=1S/C12H14FNO4S/c1-3-6-19(16,17)14-12(15)7-9-4-5-10(18-2)8-11(9)13/h3-5,8H,1,6-7H2,2H3,(H,14,15). The fraction of sp³-hybridized carbons (Fsp3) is 0.250. The normalized spacial score (nSPS) is 10.8. The van der Waals surface area contributed by atoms with Gasteiger partial charge in [-0.05, 0) is 11.6 Å². The molecule has 0 radical (unpaired) electrons. The van der Waals surface area contributed by atoms with E-state index in [0.29, 0.717) is 5.75 Å². The van der Waals surface area contributed by atoms with Crippen LogP contribution in [0, 0.1) is 5.82 Å². The van der Waals surface area contributed by atoms with Gasteiger partial charge in [0, 0.05) is 6.07 Å². The van der Waals surface area contributed by atoms with Gasteiger partial charge in [0.2, 0.25) is 15.9 Å². The molecule has 0 heterocycles. The second kappa shape index (κ2) is 6.33. The van der Waals surface area contributed by atoms with Gasteiger partial charge in [-0.15, -0.1) is 6.58 Å². The van der Waals surface area contributed by atoms with Crippen LogP contribution in [-0.4, -0.2) is 27.2 Å². The predicted molar refractivity (Wildman–Crippen MR) is 68.8 cm³/mol.